The van der Waals surface area contributed by atoms with Gasteiger partial charge in [-0.2, -0.15) is 4.49 Å². The van der Waals surface area contributed by atoms with Gasteiger partial charge in [-0.3, -0.25) is 4.57 Å². The minimum atomic E-state index is -3.94. The Balaban J connectivity index is 2.11. The Morgan fingerprint density at radius 2 is 1.16 bits per heavy atom. The molecule has 3 aromatic carbocycles. The molecule has 0 aliphatic carbocycles. The zero-order valence-corrected chi connectivity index (χ0v) is 15.4. The fraction of sp³-hybridized carbons (Fsp3) is 0.0526. The predicted molar refractivity (Wildman–Crippen MR) is 101 cm³/mol. The maximum Gasteiger partial charge on any atom is 0.246 e. The van der Waals surface area contributed by atoms with Crippen molar-refractivity contribution in [2.75, 3.05) is 0 Å². The fourth-order valence-corrected chi connectivity index (χ4v) is 7.07. The lowest BCUT2D eigenvalue weighted by Crippen LogP contribution is -2.32. The minimum absolute atomic E-state index is 0.0881. The molecule has 0 aliphatic rings. The Morgan fingerprint density at radius 1 is 0.720 bits per heavy atom. The highest BCUT2D eigenvalue weighted by Gasteiger charge is 2.33. The standard InChI is InChI=1S/C19H18NO3PS/c1-16-12-14-19(15-13-16)25(22,23)20-24(21,17-8-4-2-5-9-17)18-10-6-3-7-11-18/h2-15H,1H3,(H,20,21). The summed E-state index contributed by atoms with van der Waals surface area (Å²) >= 11 is 0. The summed E-state index contributed by atoms with van der Waals surface area (Å²) in [6, 6.07) is 23.7. The summed E-state index contributed by atoms with van der Waals surface area (Å²) in [5.41, 5.74) is 0.952. The molecule has 3 aromatic rings. The molecule has 0 aliphatic heterocycles. The smallest absolute Gasteiger partial charge is 0.246 e. The lowest BCUT2D eigenvalue weighted by Gasteiger charge is -2.20. The molecule has 3 rings (SSSR count). The fourth-order valence-electron chi connectivity index (χ4n) is 2.47. The Labute approximate surface area is 148 Å². The second kappa shape index (κ2) is 6.96. The molecule has 1 N–H and O–H groups in total. The molecule has 0 saturated heterocycles. The summed E-state index contributed by atoms with van der Waals surface area (Å²) in [6.07, 6.45) is 0. The van der Waals surface area contributed by atoms with Crippen LogP contribution in [0.4, 0.5) is 0 Å². The molecule has 0 bridgehead atoms. The van der Waals surface area contributed by atoms with Gasteiger partial charge in [-0.1, -0.05) is 54.1 Å². The monoisotopic (exact) mass is 371 g/mol. The van der Waals surface area contributed by atoms with Crippen molar-refractivity contribution in [1.29, 1.82) is 0 Å². The first-order valence-electron chi connectivity index (χ1n) is 7.74. The molecule has 0 unspecified atom stereocenters. The van der Waals surface area contributed by atoms with Gasteiger partial charge < -0.3 is 0 Å². The van der Waals surface area contributed by atoms with Crippen LogP contribution in [0.15, 0.2) is 89.8 Å². The summed E-state index contributed by atoms with van der Waals surface area (Å²) in [5.74, 6) is 0. The zero-order chi connectivity index (χ0) is 17.9. The highest BCUT2D eigenvalue weighted by atomic mass is 32.2. The molecule has 0 radical (unpaired) electrons. The maximum absolute atomic E-state index is 13.8. The van der Waals surface area contributed by atoms with Crippen molar-refractivity contribution in [2.45, 2.75) is 11.8 Å². The minimum Gasteiger partial charge on any atom is -0.296 e. The third-order valence-corrected chi connectivity index (χ3v) is 8.75. The SMILES string of the molecule is Cc1ccc(S(=O)(=O)NP(=O)(c2ccccc2)c2ccccc2)cc1. The molecular weight excluding hydrogens is 353 g/mol. The molecule has 0 amide bonds. The Kier molecular flexibility index (Phi) is 4.91. The maximum atomic E-state index is 13.8. The Bertz CT molecular complexity index is 958. The van der Waals surface area contributed by atoms with Gasteiger partial charge in [0.25, 0.3) is 0 Å². The van der Waals surface area contributed by atoms with Gasteiger partial charge in [-0.05, 0) is 43.3 Å². The molecule has 0 fully saturated rings. The second-order valence-electron chi connectivity index (χ2n) is 5.69. The van der Waals surface area contributed by atoms with E-state index >= 15 is 0 Å². The van der Waals surface area contributed by atoms with Crippen LogP contribution in [0.2, 0.25) is 0 Å². The van der Waals surface area contributed by atoms with E-state index in [1.165, 1.54) is 12.1 Å². The lowest BCUT2D eigenvalue weighted by atomic mass is 10.2. The van der Waals surface area contributed by atoms with Crippen LogP contribution in [0.5, 0.6) is 0 Å². The molecule has 0 saturated carbocycles. The van der Waals surface area contributed by atoms with Crippen molar-refractivity contribution < 1.29 is 13.0 Å². The van der Waals surface area contributed by atoms with E-state index in [1.54, 1.807) is 72.8 Å². The van der Waals surface area contributed by atoms with Crippen molar-refractivity contribution in [3.63, 3.8) is 0 Å². The van der Waals surface area contributed by atoms with Crippen molar-refractivity contribution in [3.8, 4) is 0 Å². The third-order valence-electron chi connectivity index (χ3n) is 3.82. The van der Waals surface area contributed by atoms with Crippen LogP contribution < -0.4 is 15.1 Å². The van der Waals surface area contributed by atoms with Gasteiger partial charge in [0.1, 0.15) is 0 Å². The van der Waals surface area contributed by atoms with Gasteiger partial charge >= 0.3 is 0 Å². The third kappa shape index (κ3) is 3.74. The van der Waals surface area contributed by atoms with Crippen LogP contribution in [0.3, 0.4) is 0 Å². The van der Waals surface area contributed by atoms with Gasteiger partial charge in [0.2, 0.25) is 17.3 Å². The normalized spacial score (nSPS) is 12.0. The quantitative estimate of drug-likeness (QED) is 0.701. The first kappa shape index (κ1) is 17.6. The Morgan fingerprint density at radius 3 is 1.60 bits per heavy atom. The average molecular weight is 371 g/mol. The summed E-state index contributed by atoms with van der Waals surface area (Å²) in [7, 11) is -7.50. The molecule has 0 heterocycles. The van der Waals surface area contributed by atoms with Crippen LogP contribution in [-0.4, -0.2) is 8.42 Å². The van der Waals surface area contributed by atoms with E-state index in [0.717, 1.165) is 5.56 Å². The summed E-state index contributed by atoms with van der Waals surface area (Å²) in [5, 5.41) is 0.883. The number of aryl methyl sites for hydroxylation is 1. The van der Waals surface area contributed by atoms with Crippen LogP contribution >= 0.6 is 7.29 Å². The number of nitrogens with one attached hydrogen (secondary N) is 1. The van der Waals surface area contributed by atoms with E-state index in [2.05, 4.69) is 4.49 Å². The Hall–Kier alpha value is -2.20. The molecule has 0 atom stereocenters. The van der Waals surface area contributed by atoms with E-state index in [0.29, 0.717) is 10.6 Å². The van der Waals surface area contributed by atoms with E-state index in [-0.39, 0.29) is 4.90 Å². The van der Waals surface area contributed by atoms with E-state index in [4.69, 9.17) is 0 Å². The number of hydrogen-bond donors (Lipinski definition) is 1. The van der Waals surface area contributed by atoms with Crippen molar-refractivity contribution in [1.82, 2.24) is 4.49 Å². The van der Waals surface area contributed by atoms with Gasteiger partial charge in [-0.25, -0.2) is 8.42 Å². The van der Waals surface area contributed by atoms with Gasteiger partial charge in [-0.15, -0.1) is 0 Å². The molecule has 128 valence electrons. The molecule has 0 spiro atoms. The lowest BCUT2D eigenvalue weighted by molar-refractivity contribution is 0.575. The molecule has 4 nitrogen and oxygen atoms in total. The van der Waals surface area contributed by atoms with Crippen LogP contribution in [-0.2, 0) is 14.6 Å². The zero-order valence-electron chi connectivity index (χ0n) is 13.7. The van der Waals surface area contributed by atoms with Crippen molar-refractivity contribution in [3.05, 3.63) is 90.5 Å². The largest absolute Gasteiger partial charge is 0.296 e. The summed E-state index contributed by atoms with van der Waals surface area (Å²) in [6.45, 7) is 1.88. The topological polar surface area (TPSA) is 63.2 Å². The van der Waals surface area contributed by atoms with E-state index in [1.807, 2.05) is 6.92 Å². The highest BCUT2D eigenvalue weighted by Crippen LogP contribution is 2.40. The number of rotatable bonds is 5. The molecule has 0 aromatic heterocycles. The van der Waals surface area contributed by atoms with Gasteiger partial charge in [0.05, 0.1) is 4.90 Å². The van der Waals surface area contributed by atoms with Crippen molar-refractivity contribution in [2.24, 2.45) is 0 Å². The average Bonchev–Trinajstić information content (AvgIpc) is 2.63. The van der Waals surface area contributed by atoms with Crippen LogP contribution in [0, 0.1) is 6.92 Å². The molecular formula is C19H18NO3PS. The van der Waals surface area contributed by atoms with Crippen LogP contribution in [0.1, 0.15) is 5.56 Å². The summed E-state index contributed by atoms with van der Waals surface area (Å²) < 4.78 is 41.9. The molecule has 6 heteroatoms. The van der Waals surface area contributed by atoms with Gasteiger partial charge in [0.15, 0.2) is 0 Å². The number of sulfonamides is 1. The second-order valence-corrected chi connectivity index (χ2v) is 10.1. The van der Waals surface area contributed by atoms with E-state index in [9.17, 15) is 13.0 Å². The summed E-state index contributed by atoms with van der Waals surface area (Å²) in [4.78, 5) is 0.0881. The first-order chi connectivity index (χ1) is 11.9. The first-order valence-corrected chi connectivity index (χ1v) is 10.9. The van der Waals surface area contributed by atoms with Crippen molar-refractivity contribution >= 4 is 27.9 Å². The number of benzene rings is 3. The molecule has 25 heavy (non-hydrogen) atoms. The highest BCUT2D eigenvalue weighted by molar-refractivity contribution is 7.99. The number of hydrogen-bond acceptors (Lipinski definition) is 3. The predicted octanol–water partition coefficient (Wildman–Crippen LogP) is 3.20. The van der Waals surface area contributed by atoms with Crippen LogP contribution in [0.25, 0.3) is 0 Å². The van der Waals surface area contributed by atoms with E-state index < -0.39 is 17.3 Å². The van der Waals surface area contributed by atoms with Gasteiger partial charge in [0, 0.05) is 10.6 Å².